The first kappa shape index (κ1) is 18.2. The van der Waals surface area contributed by atoms with Gasteiger partial charge in [0.15, 0.2) is 5.82 Å². The number of nitrogens with zero attached hydrogens (tertiary/aromatic N) is 4. The standard InChI is InChI=1S/C17H23FN4O4/c1-2-26-17(23)21-9-7-20(8-10-21)15-12-14(19-5-3-4-6-19)13(18)11-16(15)22(24)25/h11-12H,2-10H2,1H3. The van der Waals surface area contributed by atoms with Crippen LogP contribution in [0.25, 0.3) is 0 Å². The maximum atomic E-state index is 14.4. The van der Waals surface area contributed by atoms with E-state index in [2.05, 4.69) is 0 Å². The molecule has 0 spiro atoms. The van der Waals surface area contributed by atoms with Crippen LogP contribution in [0.3, 0.4) is 0 Å². The number of carbonyl (C=O) groups is 1. The molecule has 3 rings (SSSR count). The van der Waals surface area contributed by atoms with Crippen molar-refractivity contribution in [3.8, 4) is 0 Å². The highest BCUT2D eigenvalue weighted by Gasteiger charge is 2.29. The van der Waals surface area contributed by atoms with Gasteiger partial charge in [0.1, 0.15) is 5.69 Å². The summed E-state index contributed by atoms with van der Waals surface area (Å²) in [5.74, 6) is -0.562. The van der Waals surface area contributed by atoms with E-state index < -0.39 is 10.7 Å². The zero-order chi connectivity index (χ0) is 18.7. The molecule has 0 aromatic heterocycles. The average Bonchev–Trinajstić information content (AvgIpc) is 3.16. The Kier molecular flexibility index (Phi) is 5.43. The summed E-state index contributed by atoms with van der Waals surface area (Å²) in [6.07, 6.45) is 1.60. The summed E-state index contributed by atoms with van der Waals surface area (Å²) in [7, 11) is 0. The first-order chi connectivity index (χ1) is 12.5. The van der Waals surface area contributed by atoms with Crippen molar-refractivity contribution < 1.29 is 18.8 Å². The van der Waals surface area contributed by atoms with Crippen LogP contribution in [-0.4, -0.2) is 61.8 Å². The van der Waals surface area contributed by atoms with Crippen LogP contribution in [0.5, 0.6) is 0 Å². The lowest BCUT2D eigenvalue weighted by Gasteiger charge is -2.35. The van der Waals surface area contributed by atoms with E-state index in [1.54, 1.807) is 17.9 Å². The first-order valence-electron chi connectivity index (χ1n) is 8.90. The lowest BCUT2D eigenvalue weighted by molar-refractivity contribution is -0.384. The van der Waals surface area contributed by atoms with Gasteiger partial charge in [-0.2, -0.15) is 0 Å². The predicted molar refractivity (Wildman–Crippen MR) is 95.3 cm³/mol. The number of hydrogen-bond acceptors (Lipinski definition) is 6. The van der Waals surface area contributed by atoms with E-state index in [0.717, 1.165) is 32.0 Å². The van der Waals surface area contributed by atoms with Gasteiger partial charge >= 0.3 is 6.09 Å². The Hall–Kier alpha value is -2.58. The Morgan fingerprint density at radius 2 is 1.73 bits per heavy atom. The van der Waals surface area contributed by atoms with Gasteiger partial charge in [-0.3, -0.25) is 10.1 Å². The Morgan fingerprint density at radius 3 is 2.31 bits per heavy atom. The van der Waals surface area contributed by atoms with Gasteiger partial charge in [0, 0.05) is 39.3 Å². The molecule has 0 atom stereocenters. The van der Waals surface area contributed by atoms with Crippen molar-refractivity contribution in [2.45, 2.75) is 19.8 Å². The molecule has 8 nitrogen and oxygen atoms in total. The Morgan fingerprint density at radius 1 is 1.12 bits per heavy atom. The molecule has 2 fully saturated rings. The van der Waals surface area contributed by atoms with E-state index in [0.29, 0.717) is 44.2 Å². The van der Waals surface area contributed by atoms with Crippen molar-refractivity contribution >= 4 is 23.2 Å². The third kappa shape index (κ3) is 3.66. The fourth-order valence-electron chi connectivity index (χ4n) is 3.48. The Bertz CT molecular complexity index is 686. The molecule has 0 N–H and O–H groups in total. The number of rotatable bonds is 4. The Labute approximate surface area is 151 Å². The summed E-state index contributed by atoms with van der Waals surface area (Å²) in [4.78, 5) is 28.0. The van der Waals surface area contributed by atoms with Gasteiger partial charge in [0.25, 0.3) is 5.69 Å². The van der Waals surface area contributed by atoms with E-state index in [4.69, 9.17) is 4.74 Å². The van der Waals surface area contributed by atoms with E-state index in [1.807, 2.05) is 9.80 Å². The molecule has 2 heterocycles. The van der Waals surface area contributed by atoms with Crippen molar-refractivity contribution in [2.75, 3.05) is 55.7 Å². The SMILES string of the molecule is CCOC(=O)N1CCN(c2cc(N3CCCC3)c(F)cc2[N+](=O)[O-])CC1. The van der Waals surface area contributed by atoms with Crippen molar-refractivity contribution in [1.29, 1.82) is 0 Å². The fraction of sp³-hybridized carbons (Fsp3) is 0.588. The number of benzene rings is 1. The van der Waals surface area contributed by atoms with E-state index in [9.17, 15) is 19.3 Å². The van der Waals surface area contributed by atoms with Gasteiger partial charge in [0.05, 0.1) is 23.3 Å². The summed E-state index contributed by atoms with van der Waals surface area (Å²) >= 11 is 0. The normalized spacial score (nSPS) is 17.5. The van der Waals surface area contributed by atoms with Crippen LogP contribution in [-0.2, 0) is 4.74 Å². The predicted octanol–water partition coefficient (Wildman–Crippen LogP) is 2.61. The molecular weight excluding hydrogens is 343 g/mol. The van der Waals surface area contributed by atoms with Crippen LogP contribution in [0.4, 0.5) is 26.2 Å². The van der Waals surface area contributed by atoms with Crippen molar-refractivity contribution in [3.63, 3.8) is 0 Å². The molecule has 1 amide bonds. The largest absolute Gasteiger partial charge is 0.450 e. The van der Waals surface area contributed by atoms with Crippen molar-refractivity contribution in [3.05, 3.63) is 28.1 Å². The smallest absolute Gasteiger partial charge is 0.409 e. The van der Waals surface area contributed by atoms with Crippen LogP contribution >= 0.6 is 0 Å². The van der Waals surface area contributed by atoms with Gasteiger partial charge in [-0.05, 0) is 25.8 Å². The minimum absolute atomic E-state index is 0.241. The van der Waals surface area contributed by atoms with Crippen LogP contribution in [0.2, 0.25) is 0 Å². The van der Waals surface area contributed by atoms with E-state index in [1.165, 1.54) is 0 Å². The summed E-state index contributed by atoms with van der Waals surface area (Å²) in [6, 6.07) is 2.60. The first-order valence-corrected chi connectivity index (χ1v) is 8.90. The molecule has 9 heteroatoms. The molecule has 2 aliphatic heterocycles. The maximum absolute atomic E-state index is 14.4. The molecule has 1 aromatic carbocycles. The number of anilines is 2. The molecule has 2 saturated heterocycles. The molecular formula is C17H23FN4O4. The number of ether oxygens (including phenoxy) is 1. The number of amides is 1. The van der Waals surface area contributed by atoms with Crippen molar-refractivity contribution in [2.24, 2.45) is 0 Å². The van der Waals surface area contributed by atoms with Gasteiger partial charge < -0.3 is 19.4 Å². The molecule has 0 saturated carbocycles. The molecule has 1 aromatic rings. The van der Waals surface area contributed by atoms with Crippen LogP contribution in [0.15, 0.2) is 12.1 Å². The second kappa shape index (κ2) is 7.76. The number of halogens is 1. The molecule has 2 aliphatic rings. The zero-order valence-corrected chi connectivity index (χ0v) is 14.8. The fourth-order valence-corrected chi connectivity index (χ4v) is 3.48. The minimum Gasteiger partial charge on any atom is -0.450 e. The summed E-state index contributed by atoms with van der Waals surface area (Å²) in [5.41, 5.74) is 0.577. The third-order valence-corrected chi connectivity index (χ3v) is 4.83. The van der Waals surface area contributed by atoms with E-state index >= 15 is 0 Å². The quantitative estimate of drug-likeness (QED) is 0.602. The third-order valence-electron chi connectivity index (χ3n) is 4.83. The van der Waals surface area contributed by atoms with E-state index in [-0.39, 0.29) is 11.8 Å². The van der Waals surface area contributed by atoms with Crippen molar-refractivity contribution in [1.82, 2.24) is 4.90 Å². The van der Waals surface area contributed by atoms with Gasteiger partial charge in [-0.15, -0.1) is 0 Å². The highest BCUT2D eigenvalue weighted by Crippen LogP contribution is 2.36. The summed E-state index contributed by atoms with van der Waals surface area (Å²) in [6.45, 7) is 5.25. The monoisotopic (exact) mass is 366 g/mol. The molecule has 0 unspecified atom stereocenters. The molecule has 0 radical (unpaired) electrons. The topological polar surface area (TPSA) is 79.2 Å². The molecule has 142 valence electrons. The van der Waals surface area contributed by atoms with Crippen LogP contribution in [0.1, 0.15) is 19.8 Å². The van der Waals surface area contributed by atoms with Gasteiger partial charge in [0.2, 0.25) is 0 Å². The molecule has 0 aliphatic carbocycles. The molecule has 26 heavy (non-hydrogen) atoms. The minimum atomic E-state index is -0.562. The number of hydrogen-bond donors (Lipinski definition) is 0. The maximum Gasteiger partial charge on any atom is 0.409 e. The second-order valence-corrected chi connectivity index (χ2v) is 6.42. The number of nitro benzene ring substituents is 1. The van der Waals surface area contributed by atoms with Crippen LogP contribution in [0, 0.1) is 15.9 Å². The lowest BCUT2D eigenvalue weighted by atomic mass is 10.1. The summed E-state index contributed by atoms with van der Waals surface area (Å²) in [5, 5.41) is 11.4. The highest BCUT2D eigenvalue weighted by atomic mass is 19.1. The summed E-state index contributed by atoms with van der Waals surface area (Å²) < 4.78 is 19.4. The van der Waals surface area contributed by atoms with Crippen LogP contribution < -0.4 is 9.80 Å². The van der Waals surface area contributed by atoms with Gasteiger partial charge in [-0.1, -0.05) is 0 Å². The van der Waals surface area contributed by atoms with Gasteiger partial charge in [-0.25, -0.2) is 9.18 Å². The lowest BCUT2D eigenvalue weighted by Crippen LogP contribution is -2.49. The number of nitro groups is 1. The number of piperazine rings is 1. The number of carbonyl (C=O) groups excluding carboxylic acids is 1. The average molecular weight is 366 g/mol. The molecule has 0 bridgehead atoms. The highest BCUT2D eigenvalue weighted by molar-refractivity contribution is 5.72. The Balaban J connectivity index is 1.83. The second-order valence-electron chi connectivity index (χ2n) is 6.42. The zero-order valence-electron chi connectivity index (χ0n) is 14.8.